The molecule has 0 aliphatic carbocycles. The van der Waals surface area contributed by atoms with E-state index in [9.17, 15) is 4.39 Å². The molecule has 1 atom stereocenters. The fourth-order valence-corrected chi connectivity index (χ4v) is 2.98. The molecule has 0 saturated carbocycles. The summed E-state index contributed by atoms with van der Waals surface area (Å²) in [5.74, 6) is 1.63. The molecule has 1 fully saturated rings. The third kappa shape index (κ3) is 3.43. The molecule has 0 amide bonds. The van der Waals surface area contributed by atoms with Crippen molar-refractivity contribution in [2.75, 3.05) is 18.0 Å². The average Bonchev–Trinajstić information content (AvgIpc) is 2.38. The van der Waals surface area contributed by atoms with Gasteiger partial charge in [0.05, 0.1) is 5.69 Å². The second kappa shape index (κ2) is 6.31. The van der Waals surface area contributed by atoms with Gasteiger partial charge in [-0.05, 0) is 37.5 Å². The Bertz CT molecular complexity index is 420. The first kappa shape index (κ1) is 14.2. The lowest BCUT2D eigenvalue weighted by Crippen LogP contribution is -2.37. The predicted octanol–water partition coefficient (Wildman–Crippen LogP) is 3.44. The molecular formula is C15H24FN3. The van der Waals surface area contributed by atoms with Crippen LogP contribution in [0.25, 0.3) is 0 Å². The maximum absolute atomic E-state index is 14.3. The number of nitrogens with zero attached hydrogens (tertiary/aromatic N) is 3. The number of hydrogen-bond donors (Lipinski definition) is 0. The number of aromatic nitrogens is 2. The first-order chi connectivity index (χ1) is 9.11. The SMILES string of the molecule is CCc1ncnc(N2CCCC(CC(C)C)C2)c1F. The Kier molecular flexibility index (Phi) is 4.72. The number of anilines is 1. The molecule has 2 rings (SSSR count). The molecule has 0 spiro atoms. The summed E-state index contributed by atoms with van der Waals surface area (Å²) in [6.45, 7) is 8.26. The van der Waals surface area contributed by atoms with E-state index in [-0.39, 0.29) is 5.82 Å². The summed E-state index contributed by atoms with van der Waals surface area (Å²) in [6, 6.07) is 0. The first-order valence-electron chi connectivity index (χ1n) is 7.36. The van der Waals surface area contributed by atoms with Crippen LogP contribution in [0.5, 0.6) is 0 Å². The van der Waals surface area contributed by atoms with E-state index in [1.54, 1.807) is 0 Å². The van der Waals surface area contributed by atoms with Crippen LogP contribution in [0.15, 0.2) is 6.33 Å². The molecule has 106 valence electrons. The molecule has 1 aliphatic rings. The van der Waals surface area contributed by atoms with Crippen molar-refractivity contribution in [3.8, 4) is 0 Å². The van der Waals surface area contributed by atoms with Crippen LogP contribution in [0.3, 0.4) is 0 Å². The average molecular weight is 265 g/mol. The van der Waals surface area contributed by atoms with Crippen molar-refractivity contribution in [3.63, 3.8) is 0 Å². The Balaban J connectivity index is 2.13. The van der Waals surface area contributed by atoms with Crippen LogP contribution < -0.4 is 4.90 Å². The lowest BCUT2D eigenvalue weighted by Gasteiger charge is -2.34. The summed E-state index contributed by atoms with van der Waals surface area (Å²) < 4.78 is 14.3. The van der Waals surface area contributed by atoms with Crippen LogP contribution >= 0.6 is 0 Å². The van der Waals surface area contributed by atoms with Gasteiger partial charge in [-0.3, -0.25) is 0 Å². The Morgan fingerprint density at radius 1 is 1.42 bits per heavy atom. The smallest absolute Gasteiger partial charge is 0.187 e. The van der Waals surface area contributed by atoms with E-state index in [4.69, 9.17) is 0 Å². The van der Waals surface area contributed by atoms with Crippen molar-refractivity contribution >= 4 is 5.82 Å². The number of hydrogen-bond acceptors (Lipinski definition) is 3. The van der Waals surface area contributed by atoms with Crippen LogP contribution in [0, 0.1) is 17.7 Å². The van der Waals surface area contributed by atoms with Gasteiger partial charge in [0, 0.05) is 13.1 Å². The van der Waals surface area contributed by atoms with Crippen molar-refractivity contribution in [1.82, 2.24) is 9.97 Å². The lowest BCUT2D eigenvalue weighted by atomic mass is 9.90. The highest BCUT2D eigenvalue weighted by molar-refractivity contribution is 5.41. The maximum Gasteiger partial charge on any atom is 0.187 e. The van der Waals surface area contributed by atoms with E-state index in [0.29, 0.717) is 29.8 Å². The monoisotopic (exact) mass is 265 g/mol. The molecular weight excluding hydrogens is 241 g/mol. The normalized spacial score (nSPS) is 20.1. The van der Waals surface area contributed by atoms with E-state index in [1.807, 2.05) is 6.92 Å². The molecule has 0 aromatic carbocycles. The Morgan fingerprint density at radius 2 is 2.21 bits per heavy atom. The van der Waals surface area contributed by atoms with Gasteiger partial charge in [0.25, 0.3) is 0 Å². The minimum absolute atomic E-state index is 0.227. The van der Waals surface area contributed by atoms with E-state index < -0.39 is 0 Å². The quantitative estimate of drug-likeness (QED) is 0.835. The molecule has 1 aromatic heterocycles. The molecule has 1 aliphatic heterocycles. The second-order valence-electron chi connectivity index (χ2n) is 5.90. The van der Waals surface area contributed by atoms with Gasteiger partial charge in [-0.1, -0.05) is 20.8 Å². The molecule has 1 aromatic rings. The van der Waals surface area contributed by atoms with Crippen molar-refractivity contribution < 1.29 is 4.39 Å². The topological polar surface area (TPSA) is 29.0 Å². The summed E-state index contributed by atoms with van der Waals surface area (Å²) in [5, 5.41) is 0. The van der Waals surface area contributed by atoms with Crippen molar-refractivity contribution in [3.05, 3.63) is 17.8 Å². The summed E-state index contributed by atoms with van der Waals surface area (Å²) in [4.78, 5) is 10.3. The highest BCUT2D eigenvalue weighted by atomic mass is 19.1. The highest BCUT2D eigenvalue weighted by Crippen LogP contribution is 2.27. The predicted molar refractivity (Wildman–Crippen MR) is 75.8 cm³/mol. The molecule has 1 saturated heterocycles. The van der Waals surface area contributed by atoms with Crippen molar-refractivity contribution in [2.24, 2.45) is 11.8 Å². The number of aryl methyl sites for hydroxylation is 1. The molecule has 0 N–H and O–H groups in total. The third-order valence-electron chi connectivity index (χ3n) is 3.80. The fourth-order valence-electron chi connectivity index (χ4n) is 2.98. The second-order valence-corrected chi connectivity index (χ2v) is 5.90. The van der Waals surface area contributed by atoms with E-state index in [1.165, 1.54) is 19.2 Å². The van der Waals surface area contributed by atoms with Gasteiger partial charge < -0.3 is 4.90 Å². The van der Waals surface area contributed by atoms with Gasteiger partial charge in [0.1, 0.15) is 6.33 Å². The number of halogens is 1. The Morgan fingerprint density at radius 3 is 2.89 bits per heavy atom. The Hall–Kier alpha value is -1.19. The zero-order valence-electron chi connectivity index (χ0n) is 12.2. The molecule has 0 bridgehead atoms. The van der Waals surface area contributed by atoms with Crippen LogP contribution in [-0.2, 0) is 6.42 Å². The summed E-state index contributed by atoms with van der Waals surface area (Å²) >= 11 is 0. The fraction of sp³-hybridized carbons (Fsp3) is 0.733. The van der Waals surface area contributed by atoms with Crippen LogP contribution in [0.1, 0.15) is 45.7 Å². The van der Waals surface area contributed by atoms with Gasteiger partial charge in [0.15, 0.2) is 11.6 Å². The zero-order chi connectivity index (χ0) is 13.8. The number of piperidine rings is 1. The minimum Gasteiger partial charge on any atom is -0.354 e. The highest BCUT2D eigenvalue weighted by Gasteiger charge is 2.24. The van der Waals surface area contributed by atoms with E-state index >= 15 is 0 Å². The van der Waals surface area contributed by atoms with Crippen LogP contribution in [0.2, 0.25) is 0 Å². The molecule has 3 nitrogen and oxygen atoms in total. The van der Waals surface area contributed by atoms with Gasteiger partial charge in [-0.25, -0.2) is 14.4 Å². The molecule has 19 heavy (non-hydrogen) atoms. The number of rotatable bonds is 4. The van der Waals surface area contributed by atoms with Crippen molar-refractivity contribution in [2.45, 2.75) is 46.5 Å². The summed E-state index contributed by atoms with van der Waals surface area (Å²) in [5.41, 5.74) is 0.524. The van der Waals surface area contributed by atoms with Gasteiger partial charge in [-0.15, -0.1) is 0 Å². The summed E-state index contributed by atoms with van der Waals surface area (Å²) in [6.07, 6.45) is 5.70. The molecule has 0 radical (unpaired) electrons. The molecule has 1 unspecified atom stereocenters. The zero-order valence-corrected chi connectivity index (χ0v) is 12.2. The first-order valence-corrected chi connectivity index (χ1v) is 7.36. The standard InChI is InChI=1S/C15H24FN3/c1-4-13-14(16)15(18-10-17-13)19-7-5-6-12(9-19)8-11(2)3/h10-12H,4-9H2,1-3H3. The van der Waals surface area contributed by atoms with Gasteiger partial charge in [-0.2, -0.15) is 0 Å². The van der Waals surface area contributed by atoms with E-state index in [2.05, 4.69) is 28.7 Å². The Labute approximate surface area is 115 Å². The van der Waals surface area contributed by atoms with Crippen LogP contribution in [-0.4, -0.2) is 23.1 Å². The van der Waals surface area contributed by atoms with Gasteiger partial charge >= 0.3 is 0 Å². The minimum atomic E-state index is -0.227. The largest absolute Gasteiger partial charge is 0.354 e. The molecule has 2 heterocycles. The van der Waals surface area contributed by atoms with Gasteiger partial charge in [0.2, 0.25) is 0 Å². The lowest BCUT2D eigenvalue weighted by molar-refractivity contribution is 0.344. The summed E-state index contributed by atoms with van der Waals surface area (Å²) in [7, 11) is 0. The van der Waals surface area contributed by atoms with E-state index in [0.717, 1.165) is 19.5 Å². The van der Waals surface area contributed by atoms with Crippen molar-refractivity contribution in [1.29, 1.82) is 0 Å². The third-order valence-corrected chi connectivity index (χ3v) is 3.80. The maximum atomic E-state index is 14.3. The molecule has 4 heteroatoms. The van der Waals surface area contributed by atoms with Crippen LogP contribution in [0.4, 0.5) is 10.2 Å².